The van der Waals surface area contributed by atoms with Crippen LogP contribution in [0.4, 0.5) is 5.69 Å². The third-order valence-corrected chi connectivity index (χ3v) is 2.72. The molecule has 1 unspecified atom stereocenters. The minimum atomic E-state index is -0.512. The SMILES string of the molecule is Cc1ccoc1C(=O)Nc1ccc(C(C)O)cc1. The zero-order valence-corrected chi connectivity index (χ0v) is 10.3. The van der Waals surface area contributed by atoms with E-state index in [1.165, 1.54) is 6.26 Å². The number of nitrogens with one attached hydrogen (secondary N) is 1. The highest BCUT2D eigenvalue weighted by Gasteiger charge is 2.12. The fourth-order valence-electron chi connectivity index (χ4n) is 1.64. The van der Waals surface area contributed by atoms with E-state index in [-0.39, 0.29) is 5.91 Å². The lowest BCUT2D eigenvalue weighted by Gasteiger charge is -2.07. The van der Waals surface area contributed by atoms with Crippen molar-refractivity contribution in [2.24, 2.45) is 0 Å². The Morgan fingerprint density at radius 3 is 2.44 bits per heavy atom. The molecule has 2 rings (SSSR count). The molecule has 1 aromatic heterocycles. The van der Waals surface area contributed by atoms with Gasteiger partial charge in [-0.3, -0.25) is 4.79 Å². The van der Waals surface area contributed by atoms with E-state index in [9.17, 15) is 9.90 Å². The molecule has 1 amide bonds. The molecule has 4 heteroatoms. The highest BCUT2D eigenvalue weighted by molar-refractivity contribution is 6.03. The Morgan fingerprint density at radius 1 is 1.28 bits per heavy atom. The lowest BCUT2D eigenvalue weighted by molar-refractivity contribution is 0.0996. The Kier molecular flexibility index (Phi) is 3.48. The summed E-state index contributed by atoms with van der Waals surface area (Å²) in [5.74, 6) is 0.0388. The molecule has 0 aliphatic heterocycles. The van der Waals surface area contributed by atoms with Crippen LogP contribution in [0.5, 0.6) is 0 Å². The van der Waals surface area contributed by atoms with E-state index in [4.69, 9.17) is 4.42 Å². The largest absolute Gasteiger partial charge is 0.459 e. The van der Waals surface area contributed by atoms with Gasteiger partial charge in [-0.15, -0.1) is 0 Å². The monoisotopic (exact) mass is 245 g/mol. The molecule has 0 spiro atoms. The van der Waals surface area contributed by atoms with E-state index in [1.54, 1.807) is 37.3 Å². The third-order valence-electron chi connectivity index (χ3n) is 2.72. The molecule has 0 bridgehead atoms. The van der Waals surface area contributed by atoms with E-state index >= 15 is 0 Å². The number of rotatable bonds is 3. The number of carbonyl (C=O) groups is 1. The second-order valence-corrected chi connectivity index (χ2v) is 4.18. The molecule has 2 aromatic rings. The summed E-state index contributed by atoms with van der Waals surface area (Å²) in [5.41, 5.74) is 2.27. The fourth-order valence-corrected chi connectivity index (χ4v) is 1.64. The first-order chi connectivity index (χ1) is 8.58. The van der Waals surface area contributed by atoms with Gasteiger partial charge in [-0.25, -0.2) is 0 Å². The van der Waals surface area contributed by atoms with E-state index in [1.807, 2.05) is 6.92 Å². The van der Waals surface area contributed by atoms with Gasteiger partial charge in [0.25, 0.3) is 5.91 Å². The molecule has 0 radical (unpaired) electrons. The summed E-state index contributed by atoms with van der Waals surface area (Å²) in [6, 6.07) is 8.78. The second-order valence-electron chi connectivity index (χ2n) is 4.18. The van der Waals surface area contributed by atoms with Crippen LogP contribution in [0.3, 0.4) is 0 Å². The molecule has 0 aliphatic carbocycles. The first-order valence-electron chi connectivity index (χ1n) is 5.71. The Bertz CT molecular complexity index is 540. The molecular weight excluding hydrogens is 230 g/mol. The predicted octanol–water partition coefficient (Wildman–Crippen LogP) is 2.89. The maximum absolute atomic E-state index is 11.9. The Labute approximate surface area is 105 Å². The molecule has 1 aromatic carbocycles. The van der Waals surface area contributed by atoms with Gasteiger partial charge >= 0.3 is 0 Å². The van der Waals surface area contributed by atoms with Gasteiger partial charge in [0, 0.05) is 11.3 Å². The smallest absolute Gasteiger partial charge is 0.291 e. The van der Waals surface area contributed by atoms with Crippen LogP contribution in [-0.4, -0.2) is 11.0 Å². The molecule has 0 fully saturated rings. The van der Waals surface area contributed by atoms with Crippen molar-refractivity contribution in [2.75, 3.05) is 5.32 Å². The lowest BCUT2D eigenvalue weighted by Crippen LogP contribution is -2.12. The molecule has 0 saturated heterocycles. The van der Waals surface area contributed by atoms with Crippen molar-refractivity contribution in [1.29, 1.82) is 0 Å². The molecule has 1 heterocycles. The molecule has 94 valence electrons. The number of hydrogen-bond donors (Lipinski definition) is 2. The number of aryl methyl sites for hydroxylation is 1. The van der Waals surface area contributed by atoms with Crippen LogP contribution in [0, 0.1) is 6.92 Å². The van der Waals surface area contributed by atoms with Crippen LogP contribution < -0.4 is 5.32 Å². The van der Waals surface area contributed by atoms with Gasteiger partial charge in [0.15, 0.2) is 5.76 Å². The molecule has 0 saturated carbocycles. The highest BCUT2D eigenvalue weighted by Crippen LogP contribution is 2.17. The first kappa shape index (κ1) is 12.4. The fraction of sp³-hybridized carbons (Fsp3) is 0.214. The quantitative estimate of drug-likeness (QED) is 0.874. The van der Waals surface area contributed by atoms with Crippen molar-refractivity contribution in [3.05, 3.63) is 53.5 Å². The van der Waals surface area contributed by atoms with Gasteiger partial charge in [-0.2, -0.15) is 0 Å². The Morgan fingerprint density at radius 2 is 1.94 bits per heavy atom. The van der Waals surface area contributed by atoms with Crippen molar-refractivity contribution < 1.29 is 14.3 Å². The Hall–Kier alpha value is -2.07. The summed E-state index contributed by atoms with van der Waals surface area (Å²) in [6.07, 6.45) is 0.975. The van der Waals surface area contributed by atoms with Crippen LogP contribution in [-0.2, 0) is 0 Å². The topological polar surface area (TPSA) is 62.5 Å². The molecule has 1 atom stereocenters. The first-order valence-corrected chi connectivity index (χ1v) is 5.71. The predicted molar refractivity (Wildman–Crippen MR) is 68.5 cm³/mol. The zero-order chi connectivity index (χ0) is 13.1. The average molecular weight is 245 g/mol. The van der Waals surface area contributed by atoms with E-state index in [0.717, 1.165) is 11.1 Å². The number of anilines is 1. The van der Waals surface area contributed by atoms with Crippen LogP contribution >= 0.6 is 0 Å². The lowest BCUT2D eigenvalue weighted by atomic mass is 10.1. The second kappa shape index (κ2) is 5.06. The summed E-state index contributed by atoms with van der Waals surface area (Å²) in [6.45, 7) is 3.51. The maximum Gasteiger partial charge on any atom is 0.291 e. The number of furan rings is 1. The van der Waals surface area contributed by atoms with Gasteiger partial charge in [0.1, 0.15) is 0 Å². The number of carbonyl (C=O) groups excluding carboxylic acids is 1. The van der Waals surface area contributed by atoms with Crippen LogP contribution in [0.2, 0.25) is 0 Å². The van der Waals surface area contributed by atoms with Gasteiger partial charge in [-0.1, -0.05) is 12.1 Å². The summed E-state index contributed by atoms with van der Waals surface area (Å²) < 4.78 is 5.11. The van der Waals surface area contributed by atoms with E-state index < -0.39 is 6.10 Å². The van der Waals surface area contributed by atoms with Gasteiger partial charge < -0.3 is 14.8 Å². The molecule has 2 N–H and O–H groups in total. The zero-order valence-electron chi connectivity index (χ0n) is 10.3. The molecular formula is C14H15NO3. The summed E-state index contributed by atoms with van der Waals surface area (Å²) in [4.78, 5) is 11.9. The van der Waals surface area contributed by atoms with Gasteiger partial charge in [-0.05, 0) is 37.6 Å². The standard InChI is InChI=1S/C14H15NO3/c1-9-7-8-18-13(9)14(17)15-12-5-3-11(4-6-12)10(2)16/h3-8,10,16H,1-2H3,(H,15,17). The number of hydrogen-bond acceptors (Lipinski definition) is 3. The van der Waals surface area contributed by atoms with Crippen molar-refractivity contribution in [3.8, 4) is 0 Å². The summed E-state index contributed by atoms with van der Waals surface area (Å²) >= 11 is 0. The number of aliphatic hydroxyl groups is 1. The van der Waals surface area contributed by atoms with E-state index in [2.05, 4.69) is 5.32 Å². The van der Waals surface area contributed by atoms with Crippen molar-refractivity contribution in [3.63, 3.8) is 0 Å². The molecule has 4 nitrogen and oxygen atoms in total. The molecule has 0 aliphatic rings. The maximum atomic E-state index is 11.9. The number of amides is 1. The molecule has 18 heavy (non-hydrogen) atoms. The van der Waals surface area contributed by atoms with Gasteiger partial charge in [0.05, 0.1) is 12.4 Å². The number of benzene rings is 1. The Balaban J connectivity index is 2.10. The van der Waals surface area contributed by atoms with Crippen LogP contribution in [0.25, 0.3) is 0 Å². The normalized spacial score (nSPS) is 12.2. The van der Waals surface area contributed by atoms with Crippen molar-refractivity contribution in [1.82, 2.24) is 0 Å². The minimum absolute atomic E-state index is 0.276. The van der Waals surface area contributed by atoms with Crippen LogP contribution in [0.15, 0.2) is 41.0 Å². The summed E-state index contributed by atoms with van der Waals surface area (Å²) in [5, 5.41) is 12.1. The highest BCUT2D eigenvalue weighted by atomic mass is 16.3. The number of aliphatic hydroxyl groups excluding tert-OH is 1. The summed E-state index contributed by atoms with van der Waals surface area (Å²) in [7, 11) is 0. The minimum Gasteiger partial charge on any atom is -0.459 e. The average Bonchev–Trinajstić information content (AvgIpc) is 2.76. The van der Waals surface area contributed by atoms with E-state index in [0.29, 0.717) is 11.4 Å². The van der Waals surface area contributed by atoms with Crippen molar-refractivity contribution >= 4 is 11.6 Å². The van der Waals surface area contributed by atoms with Gasteiger partial charge in [0.2, 0.25) is 0 Å². The van der Waals surface area contributed by atoms with Crippen molar-refractivity contribution in [2.45, 2.75) is 20.0 Å². The van der Waals surface area contributed by atoms with Crippen LogP contribution in [0.1, 0.15) is 34.7 Å². The third kappa shape index (κ3) is 2.60.